The van der Waals surface area contributed by atoms with E-state index in [1.165, 1.54) is 16.8 Å². The van der Waals surface area contributed by atoms with Gasteiger partial charge in [-0.25, -0.2) is 9.48 Å². The number of aromatic amines is 1. The molecule has 0 aliphatic carbocycles. The Labute approximate surface area is 140 Å². The number of aromatic nitrogens is 4. The van der Waals surface area contributed by atoms with Gasteiger partial charge in [0.15, 0.2) is 5.65 Å². The number of nitrogens with zero attached hydrogens (tertiary/aromatic N) is 3. The molecule has 0 saturated heterocycles. The van der Waals surface area contributed by atoms with Crippen molar-refractivity contribution in [2.75, 3.05) is 5.73 Å². The number of alkyl halides is 3. The summed E-state index contributed by atoms with van der Waals surface area (Å²) in [6, 6.07) is 4.41. The second-order valence-electron chi connectivity index (χ2n) is 5.69. The van der Waals surface area contributed by atoms with Crippen LogP contribution < -0.4 is 11.4 Å². The summed E-state index contributed by atoms with van der Waals surface area (Å²) >= 11 is 0. The zero-order valence-corrected chi connectivity index (χ0v) is 13.6. The Morgan fingerprint density at radius 1 is 1.28 bits per heavy atom. The first-order valence-electron chi connectivity index (χ1n) is 7.66. The van der Waals surface area contributed by atoms with E-state index in [4.69, 9.17) is 5.73 Å². The molecule has 3 N–H and O–H groups in total. The lowest BCUT2D eigenvalue weighted by atomic mass is 10.1. The van der Waals surface area contributed by atoms with Gasteiger partial charge in [-0.05, 0) is 31.0 Å². The van der Waals surface area contributed by atoms with Gasteiger partial charge in [-0.15, -0.1) is 0 Å². The molecule has 0 saturated carbocycles. The van der Waals surface area contributed by atoms with Crippen molar-refractivity contribution < 1.29 is 13.2 Å². The van der Waals surface area contributed by atoms with Gasteiger partial charge >= 0.3 is 11.9 Å². The Morgan fingerprint density at radius 2 is 1.92 bits per heavy atom. The van der Waals surface area contributed by atoms with E-state index in [1.807, 2.05) is 6.92 Å². The molecule has 0 fully saturated rings. The number of hydrogen-bond donors (Lipinski definition) is 2. The second-order valence-corrected chi connectivity index (χ2v) is 5.69. The highest BCUT2D eigenvalue weighted by atomic mass is 19.4. The van der Waals surface area contributed by atoms with Crippen LogP contribution in [0.15, 0.2) is 29.1 Å². The fourth-order valence-electron chi connectivity index (χ4n) is 2.77. The predicted molar refractivity (Wildman–Crippen MR) is 87.2 cm³/mol. The third-order valence-corrected chi connectivity index (χ3v) is 4.10. The lowest BCUT2D eigenvalue weighted by molar-refractivity contribution is -0.137. The fourth-order valence-corrected chi connectivity index (χ4v) is 2.77. The van der Waals surface area contributed by atoms with Crippen LogP contribution in [0.2, 0.25) is 0 Å². The fraction of sp³-hybridized carbons (Fsp3) is 0.312. The van der Waals surface area contributed by atoms with Gasteiger partial charge in [0.25, 0.3) is 0 Å². The van der Waals surface area contributed by atoms with E-state index >= 15 is 0 Å². The van der Waals surface area contributed by atoms with Crippen molar-refractivity contribution >= 4 is 16.9 Å². The maximum absolute atomic E-state index is 12.7. The zero-order valence-electron chi connectivity index (χ0n) is 13.6. The van der Waals surface area contributed by atoms with Crippen LogP contribution in [-0.2, 0) is 12.6 Å². The minimum absolute atomic E-state index is 0.178. The van der Waals surface area contributed by atoms with Crippen LogP contribution >= 0.6 is 0 Å². The number of nitrogens with two attached hydrogens (primary N) is 1. The molecule has 0 aliphatic rings. The first-order chi connectivity index (χ1) is 11.7. The van der Waals surface area contributed by atoms with Crippen molar-refractivity contribution in [3.63, 3.8) is 0 Å². The van der Waals surface area contributed by atoms with Crippen molar-refractivity contribution in [1.29, 1.82) is 0 Å². The predicted octanol–water partition coefficient (Wildman–Crippen LogP) is 2.89. The second kappa shape index (κ2) is 5.91. The molecular weight excluding hydrogens is 335 g/mol. The van der Waals surface area contributed by atoms with Gasteiger partial charge in [-0.2, -0.15) is 23.3 Å². The highest BCUT2D eigenvalue weighted by Gasteiger charge is 2.30. The molecular formula is C16H16F3N5O. The average Bonchev–Trinajstić information content (AvgIpc) is 2.92. The molecule has 0 aliphatic heterocycles. The summed E-state index contributed by atoms with van der Waals surface area (Å²) in [6.07, 6.45) is -3.82. The van der Waals surface area contributed by atoms with Crippen LogP contribution in [0.3, 0.4) is 0 Å². The molecule has 0 radical (unpaired) electrons. The lowest BCUT2D eigenvalue weighted by Crippen LogP contribution is -2.16. The number of benzene rings is 1. The molecule has 1 aromatic carbocycles. The largest absolute Gasteiger partial charge is 0.416 e. The van der Waals surface area contributed by atoms with Crippen LogP contribution in [0.1, 0.15) is 36.7 Å². The number of nitrogens with one attached hydrogen (secondary N) is 1. The molecule has 3 rings (SSSR count). The van der Waals surface area contributed by atoms with Gasteiger partial charge in [-0.1, -0.05) is 19.1 Å². The number of nitrogen functional groups attached to an aromatic ring is 1. The van der Waals surface area contributed by atoms with Crippen LogP contribution in [0.5, 0.6) is 0 Å². The van der Waals surface area contributed by atoms with E-state index in [1.54, 1.807) is 6.92 Å². The number of aryl methyl sites for hydroxylation is 1. The Morgan fingerprint density at radius 3 is 2.48 bits per heavy atom. The van der Waals surface area contributed by atoms with Crippen molar-refractivity contribution in [3.05, 3.63) is 51.6 Å². The number of hydrogen-bond acceptors (Lipinski definition) is 4. The highest BCUT2D eigenvalue weighted by molar-refractivity contribution is 5.88. The summed E-state index contributed by atoms with van der Waals surface area (Å²) in [5.74, 6) is 0.178. The Bertz CT molecular complexity index is 972. The number of halogens is 3. The maximum Gasteiger partial charge on any atom is 0.416 e. The topological polar surface area (TPSA) is 89.6 Å². The Balaban J connectivity index is 2.11. The Hall–Kier alpha value is -2.84. The average molecular weight is 351 g/mol. The third kappa shape index (κ3) is 2.97. The number of fused-ring (bicyclic) bond motifs is 1. The maximum atomic E-state index is 12.7. The summed E-state index contributed by atoms with van der Waals surface area (Å²) < 4.78 is 39.6. The summed E-state index contributed by atoms with van der Waals surface area (Å²) in [4.78, 5) is 18.0. The van der Waals surface area contributed by atoms with Crippen LogP contribution in [0, 0.1) is 0 Å². The normalized spacial score (nSPS) is 13.3. The number of rotatable bonds is 3. The molecule has 6 nitrogen and oxygen atoms in total. The quantitative estimate of drug-likeness (QED) is 0.759. The van der Waals surface area contributed by atoms with Crippen LogP contribution in [0.4, 0.5) is 19.0 Å². The highest BCUT2D eigenvalue weighted by Crippen LogP contribution is 2.31. The van der Waals surface area contributed by atoms with Crippen molar-refractivity contribution in [2.45, 2.75) is 32.5 Å². The smallest absolute Gasteiger partial charge is 0.384 e. The van der Waals surface area contributed by atoms with E-state index < -0.39 is 23.5 Å². The van der Waals surface area contributed by atoms with Crippen molar-refractivity contribution in [3.8, 4) is 0 Å². The van der Waals surface area contributed by atoms with Gasteiger partial charge in [0.05, 0.1) is 22.7 Å². The van der Waals surface area contributed by atoms with E-state index in [-0.39, 0.29) is 5.82 Å². The van der Waals surface area contributed by atoms with Crippen LogP contribution in [-0.4, -0.2) is 19.7 Å². The van der Waals surface area contributed by atoms with E-state index in [0.29, 0.717) is 28.7 Å². The van der Waals surface area contributed by atoms with Crippen LogP contribution in [0.25, 0.3) is 11.0 Å². The summed E-state index contributed by atoms with van der Waals surface area (Å²) in [5, 5.41) is 5.01. The zero-order chi connectivity index (χ0) is 18.4. The molecule has 0 spiro atoms. The molecule has 132 valence electrons. The molecule has 25 heavy (non-hydrogen) atoms. The van der Waals surface area contributed by atoms with E-state index in [0.717, 1.165) is 12.1 Å². The number of anilines is 1. The Kier molecular flexibility index (Phi) is 4.02. The molecule has 1 atom stereocenters. The molecule has 2 aromatic heterocycles. The minimum Gasteiger partial charge on any atom is -0.384 e. The van der Waals surface area contributed by atoms with Gasteiger partial charge in [0.2, 0.25) is 0 Å². The van der Waals surface area contributed by atoms with E-state index in [2.05, 4.69) is 15.1 Å². The number of H-pyrrole nitrogens is 1. The van der Waals surface area contributed by atoms with E-state index in [9.17, 15) is 18.0 Å². The first kappa shape index (κ1) is 17.0. The van der Waals surface area contributed by atoms with Gasteiger partial charge < -0.3 is 5.73 Å². The third-order valence-electron chi connectivity index (χ3n) is 4.10. The molecule has 0 unspecified atom stereocenters. The van der Waals surface area contributed by atoms with Crippen molar-refractivity contribution in [1.82, 2.24) is 19.7 Å². The summed E-state index contributed by atoms with van der Waals surface area (Å²) in [7, 11) is 0. The van der Waals surface area contributed by atoms with Crippen molar-refractivity contribution in [2.24, 2.45) is 0 Å². The minimum atomic E-state index is -4.39. The molecule has 0 bridgehead atoms. The summed E-state index contributed by atoms with van der Waals surface area (Å²) in [5.41, 5.74) is 6.14. The standard InChI is InChI=1S/C16H16F3N5O/c1-3-11-12-13(20)21-15(25)22-14(12)24(23-11)8(2)9-4-6-10(7-5-9)16(17,18)19/h4-8H,3H2,1-2H3,(H3,20,21,22,25)/t8-/m0/s1. The first-order valence-corrected chi connectivity index (χ1v) is 7.66. The summed E-state index contributed by atoms with van der Waals surface area (Å²) in [6.45, 7) is 3.66. The molecule has 2 heterocycles. The van der Waals surface area contributed by atoms with Gasteiger partial charge in [0, 0.05) is 0 Å². The van der Waals surface area contributed by atoms with Gasteiger partial charge in [0.1, 0.15) is 5.82 Å². The molecule has 0 amide bonds. The molecule has 9 heteroatoms. The van der Waals surface area contributed by atoms with Gasteiger partial charge in [-0.3, -0.25) is 4.98 Å². The monoisotopic (exact) mass is 351 g/mol. The lowest BCUT2D eigenvalue weighted by Gasteiger charge is -2.14. The SMILES string of the molecule is CCc1nn([C@@H](C)c2ccc(C(F)(F)F)cc2)c2nc(=O)[nH]c(N)c12. The molecule has 3 aromatic rings.